The molecule has 0 aliphatic rings. The highest BCUT2D eigenvalue weighted by Gasteiger charge is 1.64. The van der Waals surface area contributed by atoms with Gasteiger partial charge in [0.2, 0.25) is 0 Å². The monoisotopic (exact) mass is 140 g/mol. The fourth-order valence-electron chi connectivity index (χ4n) is 0.144. The van der Waals surface area contributed by atoms with E-state index in [1.807, 2.05) is 7.05 Å². The van der Waals surface area contributed by atoms with Crippen molar-refractivity contribution in [1.29, 1.82) is 0 Å². The highest BCUT2D eigenvalue weighted by molar-refractivity contribution is 7.16. The molecule has 0 aromatic carbocycles. The Hall–Kier alpha value is 0.110. The molecule has 0 saturated heterocycles. The lowest BCUT2D eigenvalue weighted by Crippen LogP contribution is -2.17. The zero-order valence-electron chi connectivity index (χ0n) is 4.92. The standard InChI is InChI=1S/C3H10N2.H3O2P/c1-5-3-2-4;1-3-2/h5H,2-4H2,1H3;3H2,(H,1,2). The van der Waals surface area contributed by atoms with Crippen LogP contribution in [0, 0.1) is 0 Å². The predicted octanol–water partition coefficient (Wildman–Crippen LogP) is -1.19. The van der Waals surface area contributed by atoms with Gasteiger partial charge in [0, 0.05) is 13.1 Å². The van der Waals surface area contributed by atoms with Gasteiger partial charge in [-0.25, -0.2) is 0 Å². The van der Waals surface area contributed by atoms with E-state index in [4.69, 9.17) is 15.2 Å². The van der Waals surface area contributed by atoms with Crippen molar-refractivity contribution in [2.75, 3.05) is 20.1 Å². The van der Waals surface area contributed by atoms with E-state index in [1.54, 1.807) is 0 Å². The average molecular weight is 140 g/mol. The van der Waals surface area contributed by atoms with Gasteiger partial charge in [0.1, 0.15) is 0 Å². The van der Waals surface area contributed by atoms with Crippen LogP contribution < -0.4 is 11.1 Å². The molecule has 1 atom stereocenters. The summed E-state index contributed by atoms with van der Waals surface area (Å²) >= 11 is 0. The lowest BCUT2D eigenvalue weighted by Gasteiger charge is -1.85. The SMILES string of the molecule is CNCCN.O=[PH2]O. The first-order chi connectivity index (χ1) is 3.83. The van der Waals surface area contributed by atoms with Crippen LogP contribution in [0.25, 0.3) is 0 Å². The molecule has 1 unspecified atom stereocenters. The molecule has 0 saturated carbocycles. The van der Waals surface area contributed by atoms with Gasteiger partial charge in [-0.3, -0.25) is 4.57 Å². The second-order valence-electron chi connectivity index (χ2n) is 0.998. The van der Waals surface area contributed by atoms with E-state index in [0.717, 1.165) is 13.1 Å². The molecule has 0 aliphatic carbocycles. The summed E-state index contributed by atoms with van der Waals surface area (Å²) in [6.45, 7) is 1.65. The van der Waals surface area contributed by atoms with Crippen LogP contribution in [-0.4, -0.2) is 25.0 Å². The van der Waals surface area contributed by atoms with Crippen molar-refractivity contribution in [2.24, 2.45) is 5.73 Å². The summed E-state index contributed by atoms with van der Waals surface area (Å²) in [6.07, 6.45) is 0. The molecule has 0 fully saturated rings. The number of nitrogens with two attached hydrogens (primary N) is 1. The van der Waals surface area contributed by atoms with Crippen molar-refractivity contribution in [1.82, 2.24) is 5.32 Å². The van der Waals surface area contributed by atoms with E-state index in [9.17, 15) is 0 Å². The Morgan fingerprint density at radius 2 is 2.25 bits per heavy atom. The molecule has 0 spiro atoms. The summed E-state index contributed by atoms with van der Waals surface area (Å²) in [5.74, 6) is 0. The van der Waals surface area contributed by atoms with Gasteiger partial charge in [-0.15, -0.1) is 0 Å². The summed E-state index contributed by atoms with van der Waals surface area (Å²) in [6, 6.07) is 0. The minimum Gasteiger partial charge on any atom is -0.348 e. The maximum absolute atomic E-state index is 8.57. The first-order valence-electron chi connectivity index (χ1n) is 2.26. The third kappa shape index (κ3) is 35.8. The number of rotatable bonds is 2. The number of nitrogens with one attached hydrogen (secondary N) is 1. The first kappa shape index (κ1) is 11.0. The molecule has 0 aliphatic heterocycles. The van der Waals surface area contributed by atoms with Gasteiger partial charge in [0.25, 0.3) is 0 Å². The normalized spacial score (nSPS) is 8.88. The summed E-state index contributed by atoms with van der Waals surface area (Å²) in [7, 11) is 0.382. The Morgan fingerprint density at radius 1 is 1.88 bits per heavy atom. The van der Waals surface area contributed by atoms with Crippen molar-refractivity contribution in [3.63, 3.8) is 0 Å². The van der Waals surface area contributed by atoms with E-state index in [-0.39, 0.29) is 0 Å². The van der Waals surface area contributed by atoms with Crippen molar-refractivity contribution >= 4 is 8.69 Å². The Labute approximate surface area is 50.4 Å². The highest BCUT2D eigenvalue weighted by atomic mass is 31.1. The molecule has 5 heteroatoms. The van der Waals surface area contributed by atoms with Crippen molar-refractivity contribution in [3.05, 3.63) is 0 Å². The van der Waals surface area contributed by atoms with Gasteiger partial charge in [-0.05, 0) is 7.05 Å². The molecular weight excluding hydrogens is 127 g/mol. The van der Waals surface area contributed by atoms with Crippen LogP contribution in [0.4, 0.5) is 0 Å². The molecule has 0 amide bonds. The Balaban J connectivity index is 0. The zero-order chi connectivity index (χ0) is 6.83. The van der Waals surface area contributed by atoms with Gasteiger partial charge >= 0.3 is 0 Å². The molecule has 0 heterocycles. The lowest BCUT2D eigenvalue weighted by molar-refractivity contribution is 0.524. The molecule has 8 heavy (non-hydrogen) atoms. The van der Waals surface area contributed by atoms with E-state index in [1.165, 1.54) is 0 Å². The summed E-state index contributed by atoms with van der Waals surface area (Å²) in [4.78, 5) is 7.10. The molecule has 0 bridgehead atoms. The Bertz CT molecular complexity index is 42.3. The average Bonchev–Trinajstić information content (AvgIpc) is 1.71. The molecule has 0 aromatic heterocycles. The summed E-state index contributed by atoms with van der Waals surface area (Å²) in [5.41, 5.74) is 5.08. The third-order valence-corrected chi connectivity index (χ3v) is 0.394. The highest BCUT2D eigenvalue weighted by Crippen LogP contribution is 1.66. The van der Waals surface area contributed by atoms with Crippen LogP contribution >= 0.6 is 8.69 Å². The minimum atomic E-state index is -1.50. The van der Waals surface area contributed by atoms with E-state index >= 15 is 0 Å². The van der Waals surface area contributed by atoms with Gasteiger partial charge in [-0.2, -0.15) is 0 Å². The van der Waals surface area contributed by atoms with Crippen LogP contribution in [0.3, 0.4) is 0 Å². The quantitative estimate of drug-likeness (QED) is 0.422. The van der Waals surface area contributed by atoms with Crippen molar-refractivity contribution in [2.45, 2.75) is 0 Å². The van der Waals surface area contributed by atoms with Crippen LogP contribution in [0.15, 0.2) is 0 Å². The van der Waals surface area contributed by atoms with Gasteiger partial charge in [0.15, 0.2) is 8.69 Å². The van der Waals surface area contributed by atoms with E-state index < -0.39 is 8.69 Å². The third-order valence-electron chi connectivity index (χ3n) is 0.394. The molecule has 4 nitrogen and oxygen atoms in total. The zero-order valence-corrected chi connectivity index (χ0v) is 6.08. The molecule has 52 valence electrons. The first-order valence-corrected chi connectivity index (χ1v) is 3.24. The largest absolute Gasteiger partial charge is 0.348 e. The second kappa shape index (κ2) is 15.7. The maximum atomic E-state index is 8.57. The molecule has 0 radical (unpaired) electrons. The lowest BCUT2D eigenvalue weighted by atomic mass is 10.7. The smallest absolute Gasteiger partial charge is 0.177 e. The number of likely N-dealkylation sites (N-methyl/N-ethyl adjacent to an activating group) is 1. The fraction of sp³-hybridized carbons (Fsp3) is 1.00. The van der Waals surface area contributed by atoms with Crippen molar-refractivity contribution in [3.8, 4) is 0 Å². The molecular formula is C3H13N2O2P. The van der Waals surface area contributed by atoms with Crippen LogP contribution in [0.5, 0.6) is 0 Å². The topological polar surface area (TPSA) is 75.3 Å². The van der Waals surface area contributed by atoms with Gasteiger partial charge in [0.05, 0.1) is 0 Å². The number of hydrogen-bond donors (Lipinski definition) is 3. The molecule has 4 N–H and O–H groups in total. The summed E-state index contributed by atoms with van der Waals surface area (Å²) in [5, 5.41) is 2.89. The minimum absolute atomic E-state index is 0.733. The molecule has 0 rings (SSSR count). The molecule has 0 aromatic rings. The Morgan fingerprint density at radius 3 is 2.25 bits per heavy atom. The van der Waals surface area contributed by atoms with E-state index in [0.29, 0.717) is 0 Å². The maximum Gasteiger partial charge on any atom is 0.177 e. The van der Waals surface area contributed by atoms with Crippen molar-refractivity contribution < 1.29 is 9.46 Å². The van der Waals surface area contributed by atoms with Crippen LogP contribution in [0.2, 0.25) is 0 Å². The number of hydrogen-bond acceptors (Lipinski definition) is 3. The van der Waals surface area contributed by atoms with Gasteiger partial charge < -0.3 is 15.9 Å². The fourth-order valence-corrected chi connectivity index (χ4v) is 0.144. The summed E-state index contributed by atoms with van der Waals surface area (Å²) < 4.78 is 8.57. The Kier molecular flexibility index (Phi) is 21.6. The van der Waals surface area contributed by atoms with Gasteiger partial charge in [-0.1, -0.05) is 0 Å². The second-order valence-corrected chi connectivity index (χ2v) is 1.21. The van der Waals surface area contributed by atoms with E-state index in [2.05, 4.69) is 5.32 Å². The van der Waals surface area contributed by atoms with Crippen LogP contribution in [-0.2, 0) is 4.57 Å². The van der Waals surface area contributed by atoms with Crippen LogP contribution in [0.1, 0.15) is 0 Å². The predicted molar refractivity (Wildman–Crippen MR) is 35.6 cm³/mol.